The zero-order chi connectivity index (χ0) is 14.9. The van der Waals surface area contributed by atoms with Gasteiger partial charge in [0.15, 0.2) is 15.7 Å². The van der Waals surface area contributed by atoms with Gasteiger partial charge >= 0.3 is 0 Å². The Kier molecular flexibility index (Phi) is 3.67. The number of hydrogen-bond donors (Lipinski definition) is 1. The van der Waals surface area contributed by atoms with Crippen LogP contribution >= 0.6 is 0 Å². The molecule has 2 aromatic carbocycles. The Hall–Kier alpha value is -2.08. The summed E-state index contributed by atoms with van der Waals surface area (Å²) in [7, 11) is -1.93. The molecule has 4 nitrogen and oxygen atoms in total. The lowest BCUT2D eigenvalue weighted by molar-refractivity contribution is 0.414. The van der Waals surface area contributed by atoms with E-state index >= 15 is 0 Å². The van der Waals surface area contributed by atoms with E-state index in [4.69, 9.17) is 10.5 Å². The van der Waals surface area contributed by atoms with E-state index in [9.17, 15) is 12.8 Å². The summed E-state index contributed by atoms with van der Waals surface area (Å²) < 4.78 is 41.8. The molecule has 20 heavy (non-hydrogen) atoms. The number of halogens is 1. The molecule has 0 saturated carbocycles. The third-order valence-electron chi connectivity index (χ3n) is 2.91. The molecule has 0 amide bonds. The summed E-state index contributed by atoms with van der Waals surface area (Å²) in [5, 5.41) is 0. The molecule has 2 N–H and O–H groups in total. The van der Waals surface area contributed by atoms with Crippen LogP contribution in [0.2, 0.25) is 0 Å². The lowest BCUT2D eigenvalue weighted by Gasteiger charge is -2.10. The Balaban J connectivity index is 2.60. The van der Waals surface area contributed by atoms with Crippen LogP contribution in [-0.2, 0) is 9.84 Å². The molecule has 0 bridgehead atoms. The number of sulfone groups is 1. The molecule has 2 aromatic rings. The molecule has 0 spiro atoms. The summed E-state index contributed by atoms with van der Waals surface area (Å²) in [6, 6.07) is 9.09. The summed E-state index contributed by atoms with van der Waals surface area (Å²) in [5.41, 5.74) is 6.54. The lowest BCUT2D eigenvalue weighted by Crippen LogP contribution is -1.98. The highest BCUT2D eigenvalue weighted by atomic mass is 32.2. The van der Waals surface area contributed by atoms with E-state index in [0.717, 1.165) is 6.26 Å². The summed E-state index contributed by atoms with van der Waals surface area (Å²) in [6.45, 7) is 0. The number of methoxy groups -OCH3 is 1. The zero-order valence-electron chi connectivity index (χ0n) is 11.1. The number of nitrogens with two attached hydrogens (primary N) is 1. The third kappa shape index (κ3) is 2.75. The minimum atomic E-state index is -3.32. The van der Waals surface area contributed by atoms with E-state index in [1.807, 2.05) is 0 Å². The van der Waals surface area contributed by atoms with Gasteiger partial charge < -0.3 is 10.5 Å². The number of ether oxygens (including phenoxy) is 1. The van der Waals surface area contributed by atoms with Crippen LogP contribution in [0.1, 0.15) is 0 Å². The molecule has 0 unspecified atom stereocenters. The fourth-order valence-corrected chi connectivity index (χ4v) is 2.50. The maximum atomic E-state index is 13.7. The molecule has 0 aliphatic rings. The minimum absolute atomic E-state index is 0.0736. The van der Waals surface area contributed by atoms with E-state index in [2.05, 4.69) is 0 Å². The van der Waals surface area contributed by atoms with Gasteiger partial charge in [-0.1, -0.05) is 12.1 Å². The Morgan fingerprint density at radius 3 is 2.45 bits per heavy atom. The van der Waals surface area contributed by atoms with E-state index in [0.29, 0.717) is 11.1 Å². The van der Waals surface area contributed by atoms with Crippen LogP contribution in [0.5, 0.6) is 5.75 Å². The van der Waals surface area contributed by atoms with Crippen LogP contribution in [0.4, 0.5) is 10.1 Å². The molecule has 6 heteroatoms. The predicted octanol–water partition coefficient (Wildman–Crippen LogP) is 2.49. The number of nitrogen functional groups attached to an aromatic ring is 1. The van der Waals surface area contributed by atoms with Crippen LogP contribution < -0.4 is 10.5 Å². The Morgan fingerprint density at radius 1 is 1.15 bits per heavy atom. The first-order chi connectivity index (χ1) is 9.32. The molecule has 0 heterocycles. The SMILES string of the molecule is COc1cc(-c2cccc(S(C)(=O)=O)c2)cc(F)c1N. The van der Waals surface area contributed by atoms with Crippen molar-refractivity contribution in [1.29, 1.82) is 0 Å². The molecule has 2 rings (SSSR count). The largest absolute Gasteiger partial charge is 0.494 e. The van der Waals surface area contributed by atoms with Gasteiger partial charge in [-0.15, -0.1) is 0 Å². The second kappa shape index (κ2) is 5.13. The lowest BCUT2D eigenvalue weighted by atomic mass is 10.0. The summed E-state index contributed by atoms with van der Waals surface area (Å²) >= 11 is 0. The fourth-order valence-electron chi connectivity index (χ4n) is 1.83. The highest BCUT2D eigenvalue weighted by Crippen LogP contribution is 2.32. The van der Waals surface area contributed by atoms with Crippen molar-refractivity contribution >= 4 is 15.5 Å². The maximum Gasteiger partial charge on any atom is 0.175 e. The smallest absolute Gasteiger partial charge is 0.175 e. The molecule has 0 radical (unpaired) electrons. The van der Waals surface area contributed by atoms with Gasteiger partial charge in [0.2, 0.25) is 0 Å². The van der Waals surface area contributed by atoms with E-state index in [1.165, 1.54) is 25.3 Å². The van der Waals surface area contributed by atoms with E-state index in [-0.39, 0.29) is 16.3 Å². The number of anilines is 1. The Bertz CT molecular complexity index is 757. The Morgan fingerprint density at radius 2 is 1.85 bits per heavy atom. The standard InChI is InChI=1S/C14H14FNO3S/c1-19-13-8-10(7-12(15)14(13)16)9-4-3-5-11(6-9)20(2,17)18/h3-8H,16H2,1-2H3. The van der Waals surface area contributed by atoms with Crippen molar-refractivity contribution in [3.63, 3.8) is 0 Å². The molecule has 0 aromatic heterocycles. The van der Waals surface area contributed by atoms with Gasteiger partial charge in [-0.3, -0.25) is 0 Å². The van der Waals surface area contributed by atoms with Crippen LogP contribution in [0.3, 0.4) is 0 Å². The van der Waals surface area contributed by atoms with Crippen molar-refractivity contribution < 1.29 is 17.5 Å². The average Bonchev–Trinajstić information content (AvgIpc) is 2.41. The summed E-state index contributed by atoms with van der Waals surface area (Å²) in [5.74, 6) is -0.395. The van der Waals surface area contributed by atoms with E-state index < -0.39 is 15.7 Å². The first-order valence-electron chi connectivity index (χ1n) is 5.76. The highest BCUT2D eigenvalue weighted by Gasteiger charge is 2.12. The molecule has 0 saturated heterocycles. The van der Waals surface area contributed by atoms with Gasteiger partial charge in [0.1, 0.15) is 11.4 Å². The first kappa shape index (κ1) is 14.3. The molecule has 0 fully saturated rings. The first-order valence-corrected chi connectivity index (χ1v) is 7.65. The quantitative estimate of drug-likeness (QED) is 0.883. The summed E-state index contributed by atoms with van der Waals surface area (Å²) in [6.07, 6.45) is 1.12. The minimum Gasteiger partial charge on any atom is -0.494 e. The fraction of sp³-hybridized carbons (Fsp3) is 0.143. The molecular formula is C14H14FNO3S. The van der Waals surface area contributed by atoms with Crippen molar-refractivity contribution in [3.05, 3.63) is 42.2 Å². The second-order valence-corrected chi connectivity index (χ2v) is 6.39. The molecule has 0 atom stereocenters. The highest BCUT2D eigenvalue weighted by molar-refractivity contribution is 7.90. The normalized spacial score (nSPS) is 11.3. The van der Waals surface area contributed by atoms with E-state index in [1.54, 1.807) is 18.2 Å². The molecule has 0 aliphatic carbocycles. The molecule has 106 valence electrons. The third-order valence-corrected chi connectivity index (χ3v) is 4.02. The van der Waals surface area contributed by atoms with Crippen molar-refractivity contribution in [2.24, 2.45) is 0 Å². The van der Waals surface area contributed by atoms with Crippen LogP contribution in [0.15, 0.2) is 41.3 Å². The zero-order valence-corrected chi connectivity index (χ0v) is 11.9. The number of hydrogen-bond acceptors (Lipinski definition) is 4. The van der Waals surface area contributed by atoms with Gasteiger partial charge in [0.05, 0.1) is 12.0 Å². The van der Waals surface area contributed by atoms with Gasteiger partial charge in [-0.05, 0) is 35.4 Å². The number of rotatable bonds is 3. The van der Waals surface area contributed by atoms with Crippen molar-refractivity contribution in [3.8, 4) is 16.9 Å². The molecule has 0 aliphatic heterocycles. The van der Waals surface area contributed by atoms with Gasteiger partial charge in [0, 0.05) is 6.26 Å². The second-order valence-electron chi connectivity index (χ2n) is 4.37. The molecular weight excluding hydrogens is 281 g/mol. The van der Waals surface area contributed by atoms with Crippen LogP contribution in [0.25, 0.3) is 11.1 Å². The summed E-state index contributed by atoms with van der Waals surface area (Å²) in [4.78, 5) is 0.172. The number of benzene rings is 2. The van der Waals surface area contributed by atoms with Crippen LogP contribution in [0, 0.1) is 5.82 Å². The van der Waals surface area contributed by atoms with Crippen molar-refractivity contribution in [2.45, 2.75) is 4.90 Å². The van der Waals surface area contributed by atoms with Crippen molar-refractivity contribution in [2.75, 3.05) is 19.1 Å². The van der Waals surface area contributed by atoms with Gasteiger partial charge in [0.25, 0.3) is 0 Å². The predicted molar refractivity (Wildman–Crippen MR) is 75.9 cm³/mol. The maximum absolute atomic E-state index is 13.7. The Labute approximate surface area is 116 Å². The van der Waals surface area contributed by atoms with Crippen LogP contribution in [-0.4, -0.2) is 21.8 Å². The monoisotopic (exact) mass is 295 g/mol. The average molecular weight is 295 g/mol. The van der Waals surface area contributed by atoms with Gasteiger partial charge in [-0.25, -0.2) is 12.8 Å². The topological polar surface area (TPSA) is 69.4 Å². The van der Waals surface area contributed by atoms with Gasteiger partial charge in [-0.2, -0.15) is 0 Å². The van der Waals surface area contributed by atoms with Crippen molar-refractivity contribution in [1.82, 2.24) is 0 Å².